The van der Waals surface area contributed by atoms with Crippen LogP contribution in [0.25, 0.3) is 0 Å². The van der Waals surface area contributed by atoms with Crippen molar-refractivity contribution in [1.29, 1.82) is 0 Å². The molecule has 0 aliphatic carbocycles. The third-order valence-corrected chi connectivity index (χ3v) is 2.64. The van der Waals surface area contributed by atoms with Gasteiger partial charge in [0, 0.05) is 12.4 Å². The van der Waals surface area contributed by atoms with E-state index >= 15 is 0 Å². The second-order valence-corrected chi connectivity index (χ2v) is 3.63. The summed E-state index contributed by atoms with van der Waals surface area (Å²) in [7, 11) is 0. The van der Waals surface area contributed by atoms with Gasteiger partial charge in [-0.1, -0.05) is 12.1 Å². The van der Waals surface area contributed by atoms with Crippen molar-refractivity contribution in [3.05, 3.63) is 18.1 Å². The molecule has 0 saturated carbocycles. The van der Waals surface area contributed by atoms with Crippen LogP contribution in [-0.4, -0.2) is 26.8 Å². The smallest absolute Gasteiger partial charge is 0.191 e. The lowest BCUT2D eigenvalue weighted by Gasteiger charge is -2.03. The first-order valence-corrected chi connectivity index (χ1v) is 5.19. The summed E-state index contributed by atoms with van der Waals surface area (Å²) in [6, 6.07) is 0. The van der Waals surface area contributed by atoms with Gasteiger partial charge in [-0.05, 0) is 12.2 Å². The van der Waals surface area contributed by atoms with Crippen LogP contribution in [0, 0.1) is 0 Å². The van der Waals surface area contributed by atoms with Gasteiger partial charge < -0.3 is 10.9 Å². The fraction of sp³-hybridized carbons (Fsp3) is 0.375. The van der Waals surface area contributed by atoms with Crippen molar-refractivity contribution >= 4 is 17.6 Å². The topological polar surface area (TPSA) is 84.4 Å². The fourth-order valence-electron chi connectivity index (χ4n) is 0.853. The number of nitrogens with zero attached hydrogens (tertiary/aromatic N) is 3. The molecule has 0 aliphatic heterocycles. The quantitative estimate of drug-likeness (QED) is 0.256. The summed E-state index contributed by atoms with van der Waals surface area (Å²) in [5, 5.41) is 12.1. The van der Waals surface area contributed by atoms with E-state index in [0.717, 1.165) is 12.2 Å². The summed E-state index contributed by atoms with van der Waals surface area (Å²) in [4.78, 5) is 8.12. The van der Waals surface area contributed by atoms with Gasteiger partial charge in [-0.25, -0.2) is 9.97 Å². The molecule has 0 aliphatic rings. The summed E-state index contributed by atoms with van der Waals surface area (Å²) in [6.07, 6.45) is 4.15. The maximum absolute atomic E-state index is 8.52. The number of aromatic nitrogens is 2. The summed E-state index contributed by atoms with van der Waals surface area (Å²) >= 11 is 1.55. The van der Waals surface area contributed by atoms with Crippen molar-refractivity contribution in [2.24, 2.45) is 10.9 Å². The second-order valence-electron chi connectivity index (χ2n) is 2.54. The Balaban J connectivity index is 2.91. The molecule has 0 bridgehead atoms. The maximum Gasteiger partial charge on any atom is 0.191 e. The SMILES string of the molecule is CCCSc1nccnc1C(N)=NO. The predicted molar refractivity (Wildman–Crippen MR) is 55.6 cm³/mol. The summed E-state index contributed by atoms with van der Waals surface area (Å²) in [6.45, 7) is 2.08. The first-order chi connectivity index (χ1) is 6.79. The lowest BCUT2D eigenvalue weighted by atomic mass is 10.4. The van der Waals surface area contributed by atoms with E-state index in [-0.39, 0.29) is 5.84 Å². The Kier molecular flexibility index (Phi) is 4.18. The molecule has 0 fully saturated rings. The molecular weight excluding hydrogens is 200 g/mol. The van der Waals surface area contributed by atoms with Crippen LogP contribution < -0.4 is 5.73 Å². The molecule has 0 spiro atoms. The van der Waals surface area contributed by atoms with Crippen molar-refractivity contribution in [3.63, 3.8) is 0 Å². The monoisotopic (exact) mass is 212 g/mol. The minimum Gasteiger partial charge on any atom is -0.409 e. The Bertz CT molecular complexity index is 329. The molecule has 1 heterocycles. The zero-order valence-corrected chi connectivity index (χ0v) is 8.66. The highest BCUT2D eigenvalue weighted by atomic mass is 32.2. The van der Waals surface area contributed by atoms with Gasteiger partial charge in [0.1, 0.15) is 10.7 Å². The number of rotatable bonds is 4. The molecule has 76 valence electrons. The van der Waals surface area contributed by atoms with Gasteiger partial charge in [0.25, 0.3) is 0 Å². The predicted octanol–water partition coefficient (Wildman–Crippen LogP) is 1.07. The van der Waals surface area contributed by atoms with Gasteiger partial charge in [-0.3, -0.25) is 0 Å². The standard InChI is InChI=1S/C8H12N4OS/c1-2-5-14-8-6(7(9)12-13)10-3-4-11-8/h3-4,13H,2,5H2,1H3,(H2,9,12). The molecule has 0 amide bonds. The third kappa shape index (κ3) is 2.59. The van der Waals surface area contributed by atoms with Crippen molar-refractivity contribution in [2.75, 3.05) is 5.75 Å². The van der Waals surface area contributed by atoms with E-state index in [1.807, 2.05) is 0 Å². The molecule has 0 atom stereocenters. The molecule has 0 unspecified atom stereocenters. The average Bonchev–Trinajstić information content (AvgIpc) is 2.25. The molecular formula is C8H12N4OS. The number of thioether (sulfide) groups is 1. The van der Waals surface area contributed by atoms with Gasteiger partial charge in [-0.2, -0.15) is 0 Å². The molecule has 14 heavy (non-hydrogen) atoms. The molecule has 1 rings (SSSR count). The van der Waals surface area contributed by atoms with E-state index in [9.17, 15) is 0 Å². The van der Waals surface area contributed by atoms with E-state index in [0.29, 0.717) is 10.7 Å². The summed E-state index contributed by atoms with van der Waals surface area (Å²) in [5.41, 5.74) is 5.89. The molecule has 1 aromatic rings. The number of oxime groups is 1. The highest BCUT2D eigenvalue weighted by Gasteiger charge is 2.09. The zero-order valence-electron chi connectivity index (χ0n) is 7.84. The zero-order chi connectivity index (χ0) is 10.4. The second kappa shape index (κ2) is 5.43. The van der Waals surface area contributed by atoms with Crippen molar-refractivity contribution < 1.29 is 5.21 Å². The van der Waals surface area contributed by atoms with Crippen LogP contribution in [0.4, 0.5) is 0 Å². The Morgan fingerprint density at radius 1 is 1.57 bits per heavy atom. The van der Waals surface area contributed by atoms with Crippen LogP contribution >= 0.6 is 11.8 Å². The lowest BCUT2D eigenvalue weighted by Crippen LogP contribution is -2.16. The van der Waals surface area contributed by atoms with Crippen LogP contribution in [0.1, 0.15) is 19.0 Å². The summed E-state index contributed by atoms with van der Waals surface area (Å²) in [5.74, 6) is 0.932. The van der Waals surface area contributed by atoms with Crippen LogP contribution in [0.3, 0.4) is 0 Å². The van der Waals surface area contributed by atoms with Crippen LogP contribution in [0.2, 0.25) is 0 Å². The van der Waals surface area contributed by atoms with Crippen LogP contribution in [0.5, 0.6) is 0 Å². The number of nitrogens with two attached hydrogens (primary N) is 1. The van der Waals surface area contributed by atoms with Crippen LogP contribution in [0.15, 0.2) is 22.6 Å². The number of amidine groups is 1. The number of hydrogen-bond acceptors (Lipinski definition) is 5. The van der Waals surface area contributed by atoms with Gasteiger partial charge in [0.05, 0.1) is 0 Å². The van der Waals surface area contributed by atoms with Crippen molar-refractivity contribution in [3.8, 4) is 0 Å². The van der Waals surface area contributed by atoms with E-state index in [1.54, 1.807) is 18.0 Å². The number of hydrogen-bond donors (Lipinski definition) is 2. The molecule has 6 heteroatoms. The Morgan fingerprint density at radius 3 is 2.93 bits per heavy atom. The van der Waals surface area contributed by atoms with E-state index in [1.165, 1.54) is 6.20 Å². The Hall–Kier alpha value is -1.30. The Labute approximate surface area is 86.4 Å². The molecule has 5 nitrogen and oxygen atoms in total. The van der Waals surface area contributed by atoms with Gasteiger partial charge >= 0.3 is 0 Å². The highest BCUT2D eigenvalue weighted by Crippen LogP contribution is 2.18. The maximum atomic E-state index is 8.52. The molecule has 3 N–H and O–H groups in total. The molecule has 0 aromatic carbocycles. The molecule has 0 saturated heterocycles. The minimum atomic E-state index is -0.00305. The van der Waals surface area contributed by atoms with Crippen LogP contribution in [-0.2, 0) is 0 Å². The average molecular weight is 212 g/mol. The minimum absolute atomic E-state index is 0.00305. The fourth-order valence-corrected chi connectivity index (χ4v) is 1.68. The van der Waals surface area contributed by atoms with E-state index < -0.39 is 0 Å². The largest absolute Gasteiger partial charge is 0.409 e. The first kappa shape index (κ1) is 10.8. The van der Waals surface area contributed by atoms with Gasteiger partial charge in [0.2, 0.25) is 0 Å². The summed E-state index contributed by atoms with van der Waals surface area (Å²) < 4.78 is 0. The Morgan fingerprint density at radius 2 is 2.29 bits per heavy atom. The van der Waals surface area contributed by atoms with Crippen molar-refractivity contribution in [1.82, 2.24) is 9.97 Å². The molecule has 0 radical (unpaired) electrons. The van der Waals surface area contributed by atoms with E-state index in [4.69, 9.17) is 10.9 Å². The van der Waals surface area contributed by atoms with Gasteiger partial charge in [-0.15, -0.1) is 11.8 Å². The van der Waals surface area contributed by atoms with Crippen molar-refractivity contribution in [2.45, 2.75) is 18.4 Å². The third-order valence-electron chi connectivity index (χ3n) is 1.46. The van der Waals surface area contributed by atoms with Gasteiger partial charge in [0.15, 0.2) is 5.84 Å². The lowest BCUT2D eigenvalue weighted by molar-refractivity contribution is 0.318. The van der Waals surface area contributed by atoms with E-state index in [2.05, 4.69) is 22.0 Å². The highest BCUT2D eigenvalue weighted by molar-refractivity contribution is 7.99. The normalized spacial score (nSPS) is 11.6. The molecule has 1 aromatic heterocycles. The first-order valence-electron chi connectivity index (χ1n) is 4.21.